The van der Waals surface area contributed by atoms with E-state index in [1.54, 1.807) is 36.2 Å². The van der Waals surface area contributed by atoms with Gasteiger partial charge in [0.2, 0.25) is 0 Å². The van der Waals surface area contributed by atoms with Crippen LogP contribution in [0.2, 0.25) is 0 Å². The van der Waals surface area contributed by atoms with Crippen LogP contribution in [-0.2, 0) is 11.3 Å². The summed E-state index contributed by atoms with van der Waals surface area (Å²) in [7, 11) is 1.60. The summed E-state index contributed by atoms with van der Waals surface area (Å²) in [5, 5.41) is 7.29. The number of hydrogen-bond donors (Lipinski definition) is 1. The van der Waals surface area contributed by atoms with Crippen LogP contribution in [0.25, 0.3) is 5.69 Å². The summed E-state index contributed by atoms with van der Waals surface area (Å²) in [6, 6.07) is 14.8. The van der Waals surface area contributed by atoms with Crippen LogP contribution in [0.1, 0.15) is 45.8 Å². The zero-order chi connectivity index (χ0) is 24.2. The first-order valence-electron chi connectivity index (χ1n) is 11.4. The largest absolute Gasteiger partial charge is 0.494 e. The predicted octanol–water partition coefficient (Wildman–Crippen LogP) is 3.37. The molecule has 0 spiro atoms. The van der Waals surface area contributed by atoms with Gasteiger partial charge in [-0.05, 0) is 62.2 Å². The molecule has 2 unspecified atom stereocenters. The zero-order valence-electron chi connectivity index (χ0n) is 19.9. The second-order valence-electron chi connectivity index (χ2n) is 8.67. The minimum Gasteiger partial charge on any atom is -0.494 e. The number of nitrogens with zero attached hydrogens (tertiary/aromatic N) is 3. The average molecular weight is 463 g/mol. The molecule has 1 N–H and O–H groups in total. The third kappa shape index (κ3) is 5.28. The first-order valence-corrected chi connectivity index (χ1v) is 11.4. The van der Waals surface area contributed by atoms with Gasteiger partial charge < -0.3 is 19.7 Å². The molecule has 0 saturated carbocycles. The van der Waals surface area contributed by atoms with Crippen LogP contribution < -0.4 is 10.1 Å². The minimum absolute atomic E-state index is 0.00491. The van der Waals surface area contributed by atoms with Gasteiger partial charge in [-0.1, -0.05) is 18.2 Å². The third-order valence-electron chi connectivity index (χ3n) is 5.76. The molecule has 2 atom stereocenters. The summed E-state index contributed by atoms with van der Waals surface area (Å²) >= 11 is 0. The lowest BCUT2D eigenvalue weighted by atomic mass is 10.1. The summed E-state index contributed by atoms with van der Waals surface area (Å²) < 4.78 is 12.8. The molecule has 2 amide bonds. The zero-order valence-corrected chi connectivity index (χ0v) is 19.9. The first kappa shape index (κ1) is 23.5. The van der Waals surface area contributed by atoms with Gasteiger partial charge >= 0.3 is 0 Å². The van der Waals surface area contributed by atoms with Crippen LogP contribution in [0.15, 0.2) is 54.7 Å². The van der Waals surface area contributed by atoms with E-state index in [0.717, 1.165) is 16.8 Å². The number of aryl methyl sites for hydroxylation is 1. The number of hydrogen-bond acceptors (Lipinski definition) is 5. The van der Waals surface area contributed by atoms with Crippen LogP contribution in [0.4, 0.5) is 0 Å². The highest BCUT2D eigenvalue weighted by Gasteiger charge is 2.26. The number of methoxy groups -OCH3 is 1. The number of rotatable bonds is 6. The lowest BCUT2D eigenvalue weighted by Crippen LogP contribution is -2.48. The van der Waals surface area contributed by atoms with E-state index in [4.69, 9.17) is 9.47 Å². The Bertz CT molecular complexity index is 1160. The van der Waals surface area contributed by atoms with E-state index in [-0.39, 0.29) is 24.0 Å². The molecule has 2 heterocycles. The molecule has 34 heavy (non-hydrogen) atoms. The average Bonchev–Trinajstić information content (AvgIpc) is 3.32. The van der Waals surface area contributed by atoms with Gasteiger partial charge in [-0.2, -0.15) is 5.10 Å². The van der Waals surface area contributed by atoms with Gasteiger partial charge in [0.25, 0.3) is 11.8 Å². The lowest BCUT2D eigenvalue weighted by Gasteiger charge is -2.35. The van der Waals surface area contributed by atoms with Gasteiger partial charge in [-0.25, -0.2) is 4.68 Å². The Balaban J connectivity index is 1.37. The van der Waals surface area contributed by atoms with Crippen LogP contribution in [0, 0.1) is 6.92 Å². The lowest BCUT2D eigenvalue weighted by molar-refractivity contribution is -0.0586. The van der Waals surface area contributed by atoms with E-state index in [9.17, 15) is 9.59 Å². The molecule has 1 aromatic heterocycles. The summed E-state index contributed by atoms with van der Waals surface area (Å²) in [6.07, 6.45) is 1.79. The summed E-state index contributed by atoms with van der Waals surface area (Å²) in [5.41, 5.74) is 3.67. The molecule has 178 valence electrons. The Kier molecular flexibility index (Phi) is 6.98. The van der Waals surface area contributed by atoms with Crippen molar-refractivity contribution < 1.29 is 19.1 Å². The van der Waals surface area contributed by atoms with Crippen molar-refractivity contribution in [1.29, 1.82) is 0 Å². The fourth-order valence-corrected chi connectivity index (χ4v) is 4.12. The Labute approximate surface area is 199 Å². The Hall–Kier alpha value is -3.65. The normalized spacial score (nSPS) is 17.9. The van der Waals surface area contributed by atoms with Crippen molar-refractivity contribution in [2.45, 2.75) is 39.5 Å². The fraction of sp³-hybridized carbons (Fsp3) is 0.346. The number of carbonyl (C=O) groups excluding carboxylic acids is 2. The van der Waals surface area contributed by atoms with Gasteiger partial charge in [-0.3, -0.25) is 9.59 Å². The van der Waals surface area contributed by atoms with Gasteiger partial charge in [0.05, 0.1) is 19.3 Å². The molecule has 3 aromatic rings. The summed E-state index contributed by atoms with van der Waals surface area (Å²) in [5.74, 6) is 0.396. The van der Waals surface area contributed by atoms with Crippen molar-refractivity contribution in [1.82, 2.24) is 20.0 Å². The number of aromatic nitrogens is 2. The monoisotopic (exact) mass is 462 g/mol. The van der Waals surface area contributed by atoms with Crippen molar-refractivity contribution >= 4 is 11.8 Å². The second kappa shape index (κ2) is 10.1. The number of nitrogens with one attached hydrogen (secondary N) is 1. The molecule has 1 fully saturated rings. The van der Waals surface area contributed by atoms with E-state index in [1.165, 1.54) is 0 Å². The molecule has 2 aromatic carbocycles. The molecule has 0 aliphatic carbocycles. The molecule has 1 aliphatic heterocycles. The molecule has 8 nitrogen and oxygen atoms in total. The maximum absolute atomic E-state index is 12.8. The number of morpholine rings is 1. The third-order valence-corrected chi connectivity index (χ3v) is 5.76. The van der Waals surface area contributed by atoms with E-state index >= 15 is 0 Å². The van der Waals surface area contributed by atoms with Crippen molar-refractivity contribution in [3.8, 4) is 11.4 Å². The Morgan fingerprint density at radius 2 is 1.79 bits per heavy atom. The SMILES string of the molecule is COc1ccc(C)cc1-n1ccc(C(=O)NCc2ccc(C(=O)N3CC(C)OC(C)C3)cc2)n1. The molecule has 0 radical (unpaired) electrons. The van der Waals surface area contributed by atoms with Crippen molar-refractivity contribution in [2.24, 2.45) is 0 Å². The van der Waals surface area contributed by atoms with Gasteiger partial charge in [0.15, 0.2) is 5.69 Å². The van der Waals surface area contributed by atoms with E-state index < -0.39 is 0 Å². The molecule has 1 aliphatic rings. The maximum atomic E-state index is 12.8. The molecule has 8 heteroatoms. The molecule has 4 rings (SSSR count). The van der Waals surface area contributed by atoms with E-state index in [0.29, 0.717) is 36.6 Å². The molecular weight excluding hydrogens is 432 g/mol. The topological polar surface area (TPSA) is 85.7 Å². The molecule has 0 bridgehead atoms. The van der Waals surface area contributed by atoms with E-state index in [2.05, 4.69) is 10.4 Å². The predicted molar refractivity (Wildman–Crippen MR) is 128 cm³/mol. The molecular formula is C26H30N4O4. The first-order chi connectivity index (χ1) is 16.3. The number of carbonyl (C=O) groups is 2. The van der Waals surface area contributed by atoms with Crippen molar-refractivity contribution in [3.05, 3.63) is 77.1 Å². The van der Waals surface area contributed by atoms with Crippen molar-refractivity contribution in [2.75, 3.05) is 20.2 Å². The van der Waals surface area contributed by atoms with Crippen LogP contribution in [-0.4, -0.2) is 58.9 Å². The Morgan fingerprint density at radius 1 is 1.09 bits per heavy atom. The van der Waals surface area contributed by atoms with Gasteiger partial charge in [-0.15, -0.1) is 0 Å². The number of ether oxygens (including phenoxy) is 2. The van der Waals surface area contributed by atoms with Crippen LogP contribution >= 0.6 is 0 Å². The number of amides is 2. The van der Waals surface area contributed by atoms with Gasteiger partial charge in [0.1, 0.15) is 11.4 Å². The van der Waals surface area contributed by atoms with Gasteiger partial charge in [0, 0.05) is 31.4 Å². The minimum atomic E-state index is -0.276. The standard InChI is InChI=1S/C26H30N4O4/c1-17-5-10-24(33-4)23(13-17)30-12-11-22(28-30)25(31)27-14-20-6-8-21(9-7-20)26(32)29-15-18(2)34-19(3)16-29/h5-13,18-19H,14-16H2,1-4H3,(H,27,31). The highest BCUT2D eigenvalue weighted by atomic mass is 16.5. The summed E-state index contributed by atoms with van der Waals surface area (Å²) in [4.78, 5) is 27.3. The summed E-state index contributed by atoms with van der Waals surface area (Å²) in [6.45, 7) is 7.44. The highest BCUT2D eigenvalue weighted by Crippen LogP contribution is 2.23. The smallest absolute Gasteiger partial charge is 0.272 e. The van der Waals surface area contributed by atoms with Crippen LogP contribution in [0.5, 0.6) is 5.75 Å². The molecule has 1 saturated heterocycles. The maximum Gasteiger partial charge on any atom is 0.272 e. The van der Waals surface area contributed by atoms with Crippen molar-refractivity contribution in [3.63, 3.8) is 0 Å². The highest BCUT2D eigenvalue weighted by molar-refractivity contribution is 5.94. The quantitative estimate of drug-likeness (QED) is 0.607. The number of benzene rings is 2. The van der Waals surface area contributed by atoms with Crippen LogP contribution in [0.3, 0.4) is 0 Å². The Morgan fingerprint density at radius 3 is 2.47 bits per heavy atom. The second-order valence-corrected chi connectivity index (χ2v) is 8.67. The fourth-order valence-electron chi connectivity index (χ4n) is 4.12. The van der Waals surface area contributed by atoms with E-state index in [1.807, 2.05) is 56.0 Å².